The largest absolute Gasteiger partial charge is 0.467 e. The Bertz CT molecular complexity index is 457. The van der Waals surface area contributed by atoms with Crippen molar-refractivity contribution in [3.63, 3.8) is 0 Å². The van der Waals surface area contributed by atoms with Crippen molar-refractivity contribution in [3.8, 4) is 0 Å². The molecule has 0 aliphatic carbocycles. The average Bonchev–Trinajstić information content (AvgIpc) is 2.42. The van der Waals surface area contributed by atoms with Gasteiger partial charge in [-0.2, -0.15) is 0 Å². The number of nitrogens with one attached hydrogen (secondary N) is 1. The second kappa shape index (κ2) is 7.19. The maximum Gasteiger partial charge on any atom is 0.328 e. The molecule has 20 heavy (non-hydrogen) atoms. The van der Waals surface area contributed by atoms with Gasteiger partial charge in [-0.05, 0) is 18.6 Å². The first kappa shape index (κ1) is 16.4. The topological polar surface area (TPSA) is 68.3 Å². The van der Waals surface area contributed by atoms with Gasteiger partial charge in [0.2, 0.25) is 0 Å². The van der Waals surface area contributed by atoms with Crippen molar-refractivity contribution in [1.82, 2.24) is 10.3 Å². The third kappa shape index (κ3) is 5.52. The van der Waals surface area contributed by atoms with E-state index in [0.29, 0.717) is 12.1 Å². The van der Waals surface area contributed by atoms with E-state index in [1.165, 1.54) is 7.11 Å². The molecular weight excluding hydrogens is 272 g/mol. The Hall–Kier alpha value is -1.69. The molecule has 0 aliphatic heterocycles. The van der Waals surface area contributed by atoms with Gasteiger partial charge in [0.1, 0.15) is 11.7 Å². The van der Waals surface area contributed by atoms with Crippen LogP contribution in [0.5, 0.6) is 0 Å². The Morgan fingerprint density at radius 2 is 2.05 bits per heavy atom. The molecule has 1 heterocycles. The van der Waals surface area contributed by atoms with E-state index in [-0.39, 0.29) is 5.91 Å². The average molecular weight is 294 g/mol. The lowest BCUT2D eigenvalue weighted by atomic mass is 10.2. The number of ether oxygens (including phenoxy) is 1. The van der Waals surface area contributed by atoms with Crippen molar-refractivity contribution in [2.24, 2.45) is 0 Å². The van der Waals surface area contributed by atoms with Crippen molar-refractivity contribution in [2.45, 2.75) is 38.1 Å². The molecule has 0 unspecified atom stereocenters. The van der Waals surface area contributed by atoms with Crippen molar-refractivity contribution >= 4 is 20.0 Å². The van der Waals surface area contributed by atoms with Crippen LogP contribution in [0.15, 0.2) is 24.4 Å². The van der Waals surface area contributed by atoms with Gasteiger partial charge in [-0.15, -0.1) is 0 Å². The lowest BCUT2D eigenvalue weighted by molar-refractivity contribution is -0.142. The molecule has 1 N–H and O–H groups in total. The summed E-state index contributed by atoms with van der Waals surface area (Å²) in [5, 5.41) is 2.70. The highest BCUT2D eigenvalue weighted by atomic mass is 28.3. The van der Waals surface area contributed by atoms with Gasteiger partial charge in [0, 0.05) is 14.3 Å². The third-order valence-electron chi connectivity index (χ3n) is 2.87. The normalized spacial score (nSPS) is 12.6. The van der Waals surface area contributed by atoms with E-state index >= 15 is 0 Å². The zero-order valence-electron chi connectivity index (χ0n) is 12.5. The van der Waals surface area contributed by atoms with Crippen LogP contribution in [-0.4, -0.2) is 38.1 Å². The third-order valence-corrected chi connectivity index (χ3v) is 4.66. The van der Waals surface area contributed by atoms with Gasteiger partial charge in [-0.3, -0.25) is 9.78 Å². The molecule has 0 saturated carbocycles. The predicted molar refractivity (Wildman–Crippen MR) is 80.3 cm³/mol. The lowest BCUT2D eigenvalue weighted by Gasteiger charge is -2.21. The van der Waals surface area contributed by atoms with E-state index < -0.39 is 20.1 Å². The van der Waals surface area contributed by atoms with Crippen LogP contribution in [0.3, 0.4) is 0 Å². The number of carbonyl (C=O) groups excluding carboxylic acids is 2. The fourth-order valence-electron chi connectivity index (χ4n) is 1.70. The highest BCUT2D eigenvalue weighted by molar-refractivity contribution is 6.76. The first-order chi connectivity index (χ1) is 9.33. The highest BCUT2D eigenvalue weighted by Gasteiger charge is 2.25. The maximum absolute atomic E-state index is 12.0. The van der Waals surface area contributed by atoms with Crippen LogP contribution in [0.4, 0.5) is 0 Å². The fraction of sp³-hybridized carbons (Fsp3) is 0.500. The number of hydrogen-bond acceptors (Lipinski definition) is 4. The van der Waals surface area contributed by atoms with Crippen LogP contribution >= 0.6 is 0 Å². The van der Waals surface area contributed by atoms with E-state index in [4.69, 9.17) is 4.74 Å². The molecule has 1 atom stereocenters. The van der Waals surface area contributed by atoms with Crippen molar-refractivity contribution in [3.05, 3.63) is 30.1 Å². The molecule has 110 valence electrons. The smallest absolute Gasteiger partial charge is 0.328 e. The second-order valence-corrected chi connectivity index (χ2v) is 11.5. The SMILES string of the molecule is COC(=O)[C@H](CC[Si](C)(C)C)NC(=O)c1ccccn1. The van der Waals surface area contributed by atoms with Crippen molar-refractivity contribution in [1.29, 1.82) is 0 Å². The van der Waals surface area contributed by atoms with Gasteiger partial charge in [-0.1, -0.05) is 31.8 Å². The van der Waals surface area contributed by atoms with Crippen LogP contribution in [0, 0.1) is 0 Å². The molecule has 1 amide bonds. The van der Waals surface area contributed by atoms with Gasteiger partial charge in [0.15, 0.2) is 0 Å². The van der Waals surface area contributed by atoms with E-state index in [1.54, 1.807) is 24.4 Å². The molecule has 0 aromatic carbocycles. The number of amides is 1. The number of rotatable bonds is 6. The molecule has 6 heteroatoms. The lowest BCUT2D eigenvalue weighted by Crippen LogP contribution is -2.42. The Kier molecular flexibility index (Phi) is 5.88. The van der Waals surface area contributed by atoms with Gasteiger partial charge in [-0.25, -0.2) is 4.79 Å². The minimum absolute atomic E-state index is 0.300. The molecule has 0 bridgehead atoms. The van der Waals surface area contributed by atoms with Crippen LogP contribution in [0.25, 0.3) is 0 Å². The number of hydrogen-bond donors (Lipinski definition) is 1. The van der Waals surface area contributed by atoms with Gasteiger partial charge in [0.25, 0.3) is 5.91 Å². The number of methoxy groups -OCH3 is 1. The number of pyridine rings is 1. The van der Waals surface area contributed by atoms with E-state index in [2.05, 4.69) is 29.9 Å². The predicted octanol–water partition coefficient (Wildman–Crippen LogP) is 2.08. The molecule has 0 spiro atoms. The van der Waals surface area contributed by atoms with Gasteiger partial charge >= 0.3 is 5.97 Å². The summed E-state index contributed by atoms with van der Waals surface area (Å²) in [7, 11) is 0.0465. The number of nitrogens with zero attached hydrogens (tertiary/aromatic N) is 1. The molecule has 0 fully saturated rings. The monoisotopic (exact) mass is 294 g/mol. The summed E-state index contributed by atoms with van der Waals surface area (Å²) in [5.41, 5.74) is 0.300. The van der Waals surface area contributed by atoms with Gasteiger partial charge < -0.3 is 10.1 Å². The summed E-state index contributed by atoms with van der Waals surface area (Å²) in [6.07, 6.45) is 2.14. The molecule has 1 aromatic rings. The second-order valence-electron chi connectivity index (χ2n) is 5.86. The molecule has 0 radical (unpaired) electrons. The molecule has 1 aromatic heterocycles. The molecular formula is C14H22N2O3Si. The van der Waals surface area contributed by atoms with Crippen LogP contribution in [-0.2, 0) is 9.53 Å². The van der Waals surface area contributed by atoms with E-state index in [9.17, 15) is 9.59 Å². The summed E-state index contributed by atoms with van der Waals surface area (Å²) < 4.78 is 4.76. The Balaban J connectivity index is 2.70. The van der Waals surface area contributed by atoms with Crippen LogP contribution in [0.1, 0.15) is 16.9 Å². The molecule has 1 rings (SSSR count). The zero-order valence-corrected chi connectivity index (χ0v) is 13.5. The Morgan fingerprint density at radius 1 is 1.35 bits per heavy atom. The van der Waals surface area contributed by atoms with Gasteiger partial charge in [0.05, 0.1) is 7.11 Å². The van der Waals surface area contributed by atoms with E-state index in [1.807, 2.05) is 0 Å². The maximum atomic E-state index is 12.0. The summed E-state index contributed by atoms with van der Waals surface area (Å²) in [6.45, 7) is 6.67. The number of aromatic nitrogens is 1. The zero-order chi connectivity index (χ0) is 15.2. The first-order valence-electron chi connectivity index (χ1n) is 6.63. The van der Waals surface area contributed by atoms with Crippen LogP contribution < -0.4 is 5.32 Å². The summed E-state index contributed by atoms with van der Waals surface area (Å²) in [4.78, 5) is 27.8. The molecule has 5 nitrogen and oxygen atoms in total. The van der Waals surface area contributed by atoms with Crippen molar-refractivity contribution in [2.75, 3.05) is 7.11 Å². The number of carbonyl (C=O) groups is 2. The Labute approximate surface area is 120 Å². The minimum atomic E-state index is -1.28. The molecule has 0 aliphatic rings. The van der Waals surface area contributed by atoms with Crippen LogP contribution in [0.2, 0.25) is 25.7 Å². The molecule has 0 saturated heterocycles. The summed E-state index contributed by atoms with van der Waals surface area (Å²) >= 11 is 0. The minimum Gasteiger partial charge on any atom is -0.467 e. The number of esters is 1. The van der Waals surface area contributed by atoms with E-state index in [0.717, 1.165) is 6.04 Å². The highest BCUT2D eigenvalue weighted by Crippen LogP contribution is 2.14. The first-order valence-corrected chi connectivity index (χ1v) is 10.3. The quantitative estimate of drug-likeness (QED) is 0.644. The fourth-order valence-corrected chi connectivity index (χ4v) is 2.85. The summed E-state index contributed by atoms with van der Waals surface area (Å²) in [5.74, 6) is -0.760. The summed E-state index contributed by atoms with van der Waals surface area (Å²) in [6, 6.07) is 5.41. The van der Waals surface area contributed by atoms with Crippen molar-refractivity contribution < 1.29 is 14.3 Å². The Morgan fingerprint density at radius 3 is 2.55 bits per heavy atom. The standard InChI is InChI=1S/C14H22N2O3Si/c1-19-14(18)12(8-10-20(2,3)4)16-13(17)11-7-5-6-9-15-11/h5-7,9,12H,8,10H2,1-4H3,(H,16,17)/t12-/m0/s1.